The molecule has 0 saturated heterocycles. The van der Waals surface area contributed by atoms with Crippen LogP contribution >= 0.6 is 11.6 Å². The standard InChI is InChI=1S/C14H15ClN4O/c1-2-5-11-8-13(20)18-14(17-11)19-16-9-10-6-3-4-7-12(10)15/h3-4,6-9H,2,5H2,1H3,(H2,17,18,19,20). The van der Waals surface area contributed by atoms with E-state index in [1.54, 1.807) is 12.3 Å². The average molecular weight is 291 g/mol. The van der Waals surface area contributed by atoms with Crippen molar-refractivity contribution in [2.75, 3.05) is 5.43 Å². The van der Waals surface area contributed by atoms with Gasteiger partial charge >= 0.3 is 0 Å². The molecule has 0 fully saturated rings. The number of hydrogen-bond acceptors (Lipinski definition) is 4. The van der Waals surface area contributed by atoms with Crippen molar-refractivity contribution in [3.63, 3.8) is 0 Å². The number of halogens is 1. The summed E-state index contributed by atoms with van der Waals surface area (Å²) in [5.74, 6) is 0.323. The summed E-state index contributed by atoms with van der Waals surface area (Å²) in [6.07, 6.45) is 3.26. The van der Waals surface area contributed by atoms with Gasteiger partial charge in [-0.25, -0.2) is 10.4 Å². The molecule has 6 heteroatoms. The first-order valence-electron chi connectivity index (χ1n) is 6.33. The Morgan fingerprint density at radius 1 is 1.45 bits per heavy atom. The number of anilines is 1. The number of nitrogens with one attached hydrogen (secondary N) is 2. The largest absolute Gasteiger partial charge is 0.291 e. The van der Waals surface area contributed by atoms with E-state index in [-0.39, 0.29) is 5.56 Å². The average Bonchev–Trinajstić information content (AvgIpc) is 2.41. The maximum Gasteiger partial charge on any atom is 0.252 e. The van der Waals surface area contributed by atoms with Crippen molar-refractivity contribution in [2.24, 2.45) is 5.10 Å². The van der Waals surface area contributed by atoms with Crippen LogP contribution in [-0.4, -0.2) is 16.2 Å². The maximum atomic E-state index is 11.5. The summed E-state index contributed by atoms with van der Waals surface area (Å²) in [5, 5.41) is 4.63. The first-order chi connectivity index (χ1) is 9.69. The van der Waals surface area contributed by atoms with Crippen LogP contribution in [0.4, 0.5) is 5.95 Å². The van der Waals surface area contributed by atoms with Crippen LogP contribution in [0.3, 0.4) is 0 Å². The van der Waals surface area contributed by atoms with Gasteiger partial charge in [-0.3, -0.25) is 9.78 Å². The molecule has 0 aliphatic heterocycles. The van der Waals surface area contributed by atoms with Crippen molar-refractivity contribution >= 4 is 23.8 Å². The second-order valence-electron chi connectivity index (χ2n) is 4.23. The van der Waals surface area contributed by atoms with E-state index in [0.29, 0.717) is 11.0 Å². The van der Waals surface area contributed by atoms with Crippen LogP contribution in [0.1, 0.15) is 24.6 Å². The van der Waals surface area contributed by atoms with Crippen molar-refractivity contribution < 1.29 is 0 Å². The summed E-state index contributed by atoms with van der Waals surface area (Å²) in [5.41, 5.74) is 4.04. The second kappa shape index (κ2) is 6.86. The minimum absolute atomic E-state index is 0.195. The summed E-state index contributed by atoms with van der Waals surface area (Å²) in [4.78, 5) is 18.3. The summed E-state index contributed by atoms with van der Waals surface area (Å²) < 4.78 is 0. The molecule has 0 unspecified atom stereocenters. The molecule has 0 radical (unpaired) electrons. The highest BCUT2D eigenvalue weighted by Crippen LogP contribution is 2.12. The normalized spacial score (nSPS) is 10.9. The number of aryl methyl sites for hydroxylation is 1. The highest BCUT2D eigenvalue weighted by molar-refractivity contribution is 6.33. The lowest BCUT2D eigenvalue weighted by Crippen LogP contribution is -2.11. The molecule has 2 aromatic rings. The van der Waals surface area contributed by atoms with E-state index in [2.05, 4.69) is 20.5 Å². The van der Waals surface area contributed by atoms with E-state index in [0.717, 1.165) is 24.1 Å². The van der Waals surface area contributed by atoms with Crippen LogP contribution in [-0.2, 0) is 6.42 Å². The van der Waals surface area contributed by atoms with Gasteiger partial charge in [0.2, 0.25) is 5.95 Å². The summed E-state index contributed by atoms with van der Waals surface area (Å²) in [6.45, 7) is 2.03. The number of rotatable bonds is 5. The van der Waals surface area contributed by atoms with Gasteiger partial charge in [0.25, 0.3) is 5.56 Å². The third-order valence-corrected chi connectivity index (χ3v) is 2.92. The zero-order valence-corrected chi connectivity index (χ0v) is 11.8. The minimum Gasteiger partial charge on any atom is -0.291 e. The molecular formula is C14H15ClN4O. The van der Waals surface area contributed by atoms with Crippen LogP contribution in [0.5, 0.6) is 0 Å². The van der Waals surface area contributed by atoms with Crippen LogP contribution in [0.15, 0.2) is 40.2 Å². The molecule has 2 rings (SSSR count). The summed E-state index contributed by atoms with van der Waals surface area (Å²) in [6, 6.07) is 8.84. The van der Waals surface area contributed by atoms with Gasteiger partial charge in [-0.05, 0) is 12.5 Å². The fraction of sp³-hybridized carbons (Fsp3) is 0.214. The molecule has 0 saturated carbocycles. The van der Waals surface area contributed by atoms with Crippen molar-refractivity contribution in [2.45, 2.75) is 19.8 Å². The molecule has 0 amide bonds. The zero-order chi connectivity index (χ0) is 14.4. The predicted molar refractivity (Wildman–Crippen MR) is 81.5 cm³/mol. The molecular weight excluding hydrogens is 276 g/mol. The summed E-state index contributed by atoms with van der Waals surface area (Å²) >= 11 is 6.01. The Labute approximate surface area is 121 Å². The smallest absolute Gasteiger partial charge is 0.252 e. The van der Waals surface area contributed by atoms with E-state index in [1.807, 2.05) is 25.1 Å². The Kier molecular flexibility index (Phi) is 4.90. The number of aromatic nitrogens is 2. The molecule has 20 heavy (non-hydrogen) atoms. The van der Waals surface area contributed by atoms with Crippen molar-refractivity contribution in [3.8, 4) is 0 Å². The third-order valence-electron chi connectivity index (χ3n) is 2.58. The van der Waals surface area contributed by atoms with Crippen molar-refractivity contribution in [1.29, 1.82) is 0 Å². The Balaban J connectivity index is 2.11. The molecule has 0 aliphatic rings. The van der Waals surface area contributed by atoms with E-state index in [1.165, 1.54) is 6.07 Å². The second-order valence-corrected chi connectivity index (χ2v) is 4.63. The first-order valence-corrected chi connectivity index (χ1v) is 6.70. The highest BCUT2D eigenvalue weighted by atomic mass is 35.5. The van der Waals surface area contributed by atoms with Gasteiger partial charge in [-0.15, -0.1) is 0 Å². The number of aromatic amines is 1. The lowest BCUT2D eigenvalue weighted by molar-refractivity contribution is 0.867. The van der Waals surface area contributed by atoms with Crippen LogP contribution in [0.25, 0.3) is 0 Å². The van der Waals surface area contributed by atoms with Gasteiger partial charge in [0.05, 0.1) is 6.21 Å². The molecule has 0 aliphatic carbocycles. The molecule has 1 aromatic carbocycles. The van der Waals surface area contributed by atoms with E-state index >= 15 is 0 Å². The molecule has 104 valence electrons. The molecule has 1 aromatic heterocycles. The Bertz CT molecular complexity index is 666. The van der Waals surface area contributed by atoms with Gasteiger partial charge in [0, 0.05) is 22.3 Å². The van der Waals surface area contributed by atoms with Gasteiger partial charge in [-0.2, -0.15) is 5.10 Å². The third kappa shape index (κ3) is 3.93. The fourth-order valence-electron chi connectivity index (χ4n) is 1.69. The van der Waals surface area contributed by atoms with E-state index in [4.69, 9.17) is 11.6 Å². The molecule has 0 atom stereocenters. The number of hydrazone groups is 1. The number of benzene rings is 1. The predicted octanol–water partition coefficient (Wildman–Crippen LogP) is 2.82. The summed E-state index contributed by atoms with van der Waals surface area (Å²) in [7, 11) is 0. The van der Waals surface area contributed by atoms with Gasteiger partial charge in [0.1, 0.15) is 0 Å². The molecule has 5 nitrogen and oxygen atoms in total. The van der Waals surface area contributed by atoms with Crippen molar-refractivity contribution in [1.82, 2.24) is 9.97 Å². The zero-order valence-electron chi connectivity index (χ0n) is 11.1. The first kappa shape index (κ1) is 14.3. The van der Waals surface area contributed by atoms with Gasteiger partial charge < -0.3 is 0 Å². The van der Waals surface area contributed by atoms with Crippen LogP contribution < -0.4 is 11.0 Å². The number of hydrogen-bond donors (Lipinski definition) is 2. The fourth-order valence-corrected chi connectivity index (χ4v) is 1.87. The van der Waals surface area contributed by atoms with Crippen molar-refractivity contribution in [3.05, 3.63) is 57.0 Å². The molecule has 0 bridgehead atoms. The van der Waals surface area contributed by atoms with E-state index in [9.17, 15) is 4.79 Å². The monoisotopic (exact) mass is 290 g/mol. The SMILES string of the molecule is CCCc1cc(=O)[nH]c(NN=Cc2ccccc2Cl)n1. The van der Waals surface area contributed by atoms with Gasteiger partial charge in [0.15, 0.2) is 0 Å². The Morgan fingerprint density at radius 3 is 3.00 bits per heavy atom. The molecule has 1 heterocycles. The number of H-pyrrole nitrogens is 1. The maximum absolute atomic E-state index is 11.5. The molecule has 2 N–H and O–H groups in total. The number of nitrogens with zero attached hydrogens (tertiary/aromatic N) is 2. The lowest BCUT2D eigenvalue weighted by atomic mass is 10.2. The van der Waals surface area contributed by atoms with Gasteiger partial charge in [-0.1, -0.05) is 43.1 Å². The van der Waals surface area contributed by atoms with Crippen LogP contribution in [0.2, 0.25) is 5.02 Å². The molecule has 0 spiro atoms. The Morgan fingerprint density at radius 2 is 2.25 bits per heavy atom. The highest BCUT2D eigenvalue weighted by Gasteiger charge is 1.99. The van der Waals surface area contributed by atoms with Crippen LogP contribution in [0, 0.1) is 0 Å². The minimum atomic E-state index is -0.195. The Hall–Kier alpha value is -2.14. The lowest BCUT2D eigenvalue weighted by Gasteiger charge is -2.02. The van der Waals surface area contributed by atoms with E-state index < -0.39 is 0 Å². The topological polar surface area (TPSA) is 70.1 Å². The quantitative estimate of drug-likeness (QED) is 0.657.